The first kappa shape index (κ1) is 41.2. The van der Waals surface area contributed by atoms with Gasteiger partial charge < -0.3 is 43.0 Å². The Hall–Kier alpha value is -5.92. The lowest BCUT2D eigenvalue weighted by atomic mass is 9.83. The molecule has 1 saturated carbocycles. The highest BCUT2D eigenvalue weighted by Gasteiger charge is 2.37. The van der Waals surface area contributed by atoms with Crippen LogP contribution in [0.25, 0.3) is 0 Å². The topological polar surface area (TPSA) is 225 Å². The average Bonchev–Trinajstić information content (AvgIpc) is 3.22. The number of nitrogens with two attached hydrogens (primary N) is 3. The summed E-state index contributed by atoms with van der Waals surface area (Å²) in [7, 11) is 0. The molecule has 0 radical (unpaired) electrons. The number of hydrogen-bond acceptors (Lipinski definition) is 7. The van der Waals surface area contributed by atoms with Gasteiger partial charge in [0, 0.05) is 50.5 Å². The minimum Gasteiger partial charge on any atom is -0.384 e. The molecule has 14 nitrogen and oxygen atoms in total. The lowest BCUT2D eigenvalue weighted by Gasteiger charge is -2.38. The Morgan fingerprint density at radius 2 is 1.39 bits per heavy atom. The van der Waals surface area contributed by atoms with Gasteiger partial charge >= 0.3 is 0 Å². The van der Waals surface area contributed by atoms with E-state index in [9.17, 15) is 19.2 Å². The van der Waals surface area contributed by atoms with Crippen LogP contribution in [0.3, 0.4) is 0 Å². The third-order valence-corrected chi connectivity index (χ3v) is 10.6. The molecule has 2 unspecified atom stereocenters. The maximum atomic E-state index is 14.4. The number of piperazine rings is 1. The fourth-order valence-electron chi connectivity index (χ4n) is 7.45. The summed E-state index contributed by atoms with van der Waals surface area (Å²) in [6.45, 7) is 2.79. The number of carbonyl (C=O) groups is 4. The molecule has 1 aliphatic heterocycles. The number of benzene rings is 3. The minimum absolute atomic E-state index is 0.0498. The predicted molar refractivity (Wildman–Crippen MR) is 219 cm³/mol. The highest BCUT2D eigenvalue weighted by atomic mass is 16.2. The van der Waals surface area contributed by atoms with Crippen LogP contribution in [-0.4, -0.2) is 85.1 Å². The Balaban J connectivity index is 1.34. The molecule has 4 amide bonds. The van der Waals surface area contributed by atoms with Crippen LogP contribution >= 0.6 is 0 Å². The quantitative estimate of drug-likeness (QED) is 0.0467. The van der Waals surface area contributed by atoms with E-state index in [1.807, 2.05) is 60.7 Å². The smallest absolute Gasteiger partial charge is 0.245 e. The van der Waals surface area contributed by atoms with E-state index < -0.39 is 35.7 Å². The number of rotatable bonds is 17. The minimum atomic E-state index is -1.17. The van der Waals surface area contributed by atoms with Gasteiger partial charge in [-0.1, -0.05) is 92.1 Å². The molecule has 0 spiro atoms. The van der Waals surface area contributed by atoms with E-state index in [1.165, 1.54) is 0 Å². The number of hydrogen-bond donors (Lipinski definition) is 7. The number of amidine groups is 1. The Morgan fingerprint density at radius 1 is 0.750 bits per heavy atom. The molecular weight excluding hydrogens is 709 g/mol. The highest BCUT2D eigenvalue weighted by Crippen LogP contribution is 2.28. The van der Waals surface area contributed by atoms with Gasteiger partial charge in [-0.15, -0.1) is 0 Å². The standard InChI is InChI=1S/C42H56N10O4/c43-37(44)32-20-18-29(19-21-32)27-34(38(53)48-28-30-11-4-1-5-12-30)39(54)50-36(31-13-6-2-7-14-31)40(55)49-35(17-10-22-47-42(45)46)41(56)52-25-23-51(24-26-52)33-15-8-3-9-16-33/h1,3-5,8-9,11-12,15-16,18-21,31,34-36H,2,6-7,10,13-14,17,22-28H2,(H3,43,44)(H,48,53)(H,49,55)(H,50,54)(H4,45,46,47)/t34?,35?,36-/m0/s1. The maximum absolute atomic E-state index is 14.4. The van der Waals surface area contributed by atoms with Crippen molar-refractivity contribution in [2.45, 2.75) is 70.0 Å². The van der Waals surface area contributed by atoms with Gasteiger partial charge in [0.05, 0.1) is 0 Å². The molecule has 2 fully saturated rings. The normalized spacial score (nSPS) is 16.1. The summed E-state index contributed by atoms with van der Waals surface area (Å²) in [6, 6.07) is 24.5. The fraction of sp³-hybridized carbons (Fsp3) is 0.429. The van der Waals surface area contributed by atoms with E-state index in [-0.39, 0.29) is 36.6 Å². The van der Waals surface area contributed by atoms with Gasteiger partial charge in [0.1, 0.15) is 23.8 Å². The molecule has 3 aromatic rings. The molecular formula is C42H56N10O4. The zero-order valence-corrected chi connectivity index (χ0v) is 32.0. The summed E-state index contributed by atoms with van der Waals surface area (Å²) >= 11 is 0. The van der Waals surface area contributed by atoms with Gasteiger partial charge in [0.2, 0.25) is 23.6 Å². The zero-order valence-electron chi connectivity index (χ0n) is 32.0. The van der Waals surface area contributed by atoms with Crippen LogP contribution in [0.15, 0.2) is 89.9 Å². The molecule has 2 aliphatic rings. The van der Waals surface area contributed by atoms with Gasteiger partial charge in [-0.3, -0.25) is 29.6 Å². The number of aliphatic imine (C=N–C) groups is 1. The summed E-state index contributed by atoms with van der Waals surface area (Å²) in [5.74, 6) is -3.20. The molecule has 14 heteroatoms. The number of carbonyl (C=O) groups excluding carboxylic acids is 4. The average molecular weight is 765 g/mol. The van der Waals surface area contributed by atoms with E-state index >= 15 is 0 Å². The first-order valence-electron chi connectivity index (χ1n) is 19.6. The van der Waals surface area contributed by atoms with E-state index in [0.29, 0.717) is 56.7 Å². The zero-order chi connectivity index (χ0) is 39.9. The molecule has 5 rings (SSSR count). The molecule has 3 atom stereocenters. The van der Waals surface area contributed by atoms with Crippen molar-refractivity contribution in [1.82, 2.24) is 20.9 Å². The van der Waals surface area contributed by atoms with Crippen molar-refractivity contribution in [2.24, 2.45) is 34.0 Å². The SMILES string of the molecule is N=C(N)c1ccc(CC(C(=O)NCc2ccccc2)C(=O)N[C@H](C(=O)NC(CCCN=C(N)N)C(=O)N2CCN(c3ccccc3)CC2)C2CCCCC2)cc1. The molecule has 1 heterocycles. The van der Waals surface area contributed by atoms with Crippen LogP contribution in [0, 0.1) is 17.2 Å². The van der Waals surface area contributed by atoms with Gasteiger partial charge in [-0.05, 0) is 61.3 Å². The predicted octanol–water partition coefficient (Wildman–Crippen LogP) is 2.40. The lowest BCUT2D eigenvalue weighted by Crippen LogP contribution is -2.59. The summed E-state index contributed by atoms with van der Waals surface area (Å²) in [4.78, 5) is 64.7. The number of guanidine groups is 1. The van der Waals surface area contributed by atoms with E-state index in [0.717, 1.165) is 43.4 Å². The Bertz CT molecular complexity index is 1790. The second kappa shape index (κ2) is 20.7. The van der Waals surface area contributed by atoms with Crippen LogP contribution in [0.2, 0.25) is 0 Å². The number of amides is 4. The molecule has 56 heavy (non-hydrogen) atoms. The second-order valence-corrected chi connectivity index (χ2v) is 14.6. The van der Waals surface area contributed by atoms with Crippen LogP contribution in [0.4, 0.5) is 5.69 Å². The Labute approximate surface area is 329 Å². The molecule has 298 valence electrons. The number of nitrogens with one attached hydrogen (secondary N) is 4. The van der Waals surface area contributed by atoms with Gasteiger partial charge in [0.25, 0.3) is 0 Å². The summed E-state index contributed by atoms with van der Waals surface area (Å²) < 4.78 is 0. The second-order valence-electron chi connectivity index (χ2n) is 14.6. The molecule has 1 aliphatic carbocycles. The van der Waals surface area contributed by atoms with Crippen molar-refractivity contribution in [1.29, 1.82) is 5.41 Å². The van der Waals surface area contributed by atoms with Crippen LogP contribution in [-0.2, 0) is 32.1 Å². The Kier molecular flexibility index (Phi) is 15.2. The highest BCUT2D eigenvalue weighted by molar-refractivity contribution is 6.02. The first-order chi connectivity index (χ1) is 27.1. The lowest BCUT2D eigenvalue weighted by molar-refractivity contribution is -0.140. The van der Waals surface area contributed by atoms with E-state index in [2.05, 4.69) is 25.8 Å². The monoisotopic (exact) mass is 764 g/mol. The third kappa shape index (κ3) is 12.0. The molecule has 1 saturated heterocycles. The van der Waals surface area contributed by atoms with Crippen molar-refractivity contribution in [3.63, 3.8) is 0 Å². The molecule has 3 aromatic carbocycles. The number of anilines is 1. The molecule has 0 bridgehead atoms. The van der Waals surface area contributed by atoms with E-state index in [4.69, 9.17) is 22.6 Å². The van der Waals surface area contributed by atoms with Crippen molar-refractivity contribution >= 4 is 41.1 Å². The summed E-state index contributed by atoms with van der Waals surface area (Å²) in [5.41, 5.74) is 20.0. The third-order valence-electron chi connectivity index (χ3n) is 10.6. The number of nitrogens with zero attached hydrogens (tertiary/aromatic N) is 3. The first-order valence-corrected chi connectivity index (χ1v) is 19.6. The van der Waals surface area contributed by atoms with Crippen LogP contribution in [0.1, 0.15) is 61.6 Å². The summed E-state index contributed by atoms with van der Waals surface area (Å²) in [5, 5.41) is 16.7. The van der Waals surface area contributed by atoms with Gasteiger partial charge in [-0.2, -0.15) is 0 Å². The van der Waals surface area contributed by atoms with Crippen molar-refractivity contribution in [2.75, 3.05) is 37.6 Å². The number of para-hydroxylation sites is 1. The van der Waals surface area contributed by atoms with Gasteiger partial charge in [-0.25, -0.2) is 0 Å². The largest absolute Gasteiger partial charge is 0.384 e. The summed E-state index contributed by atoms with van der Waals surface area (Å²) in [6.07, 6.45) is 5.09. The molecule has 10 N–H and O–H groups in total. The van der Waals surface area contributed by atoms with Crippen molar-refractivity contribution in [3.05, 3.63) is 102 Å². The van der Waals surface area contributed by atoms with Crippen LogP contribution in [0.5, 0.6) is 0 Å². The Morgan fingerprint density at radius 3 is 2.02 bits per heavy atom. The van der Waals surface area contributed by atoms with Crippen LogP contribution < -0.4 is 38.1 Å². The maximum Gasteiger partial charge on any atom is 0.245 e. The van der Waals surface area contributed by atoms with Gasteiger partial charge in [0.15, 0.2) is 5.96 Å². The van der Waals surface area contributed by atoms with Crippen molar-refractivity contribution in [3.8, 4) is 0 Å². The molecule has 0 aromatic heterocycles. The van der Waals surface area contributed by atoms with Crippen molar-refractivity contribution < 1.29 is 19.2 Å². The number of nitrogen functional groups attached to an aromatic ring is 1. The fourth-order valence-corrected chi connectivity index (χ4v) is 7.45. The van der Waals surface area contributed by atoms with E-state index in [1.54, 1.807) is 29.2 Å².